The van der Waals surface area contributed by atoms with Crippen LogP contribution in [0.4, 0.5) is 0 Å². The van der Waals surface area contributed by atoms with Crippen molar-refractivity contribution in [3.63, 3.8) is 0 Å². The number of ether oxygens (including phenoxy) is 1. The first-order valence-corrected chi connectivity index (χ1v) is 3.31. The summed E-state index contributed by atoms with van der Waals surface area (Å²) >= 11 is 0. The number of hydrogen-bond donors (Lipinski definition) is 0. The zero-order valence-electron chi connectivity index (χ0n) is 5.92. The summed E-state index contributed by atoms with van der Waals surface area (Å²) in [5.41, 5.74) is 0. The van der Waals surface area contributed by atoms with Gasteiger partial charge in [-0.15, -0.1) is 0 Å². The van der Waals surface area contributed by atoms with Crippen LogP contribution in [0.1, 0.15) is 19.3 Å². The molecule has 0 aliphatic heterocycles. The van der Waals surface area contributed by atoms with Crippen molar-refractivity contribution in [1.29, 1.82) is 0 Å². The molecule has 1 saturated carbocycles. The highest BCUT2D eigenvalue weighted by Crippen LogP contribution is 2.13. The van der Waals surface area contributed by atoms with E-state index in [0.29, 0.717) is 12.8 Å². The number of hydrogen-bond acceptors (Lipinski definition) is 3. The van der Waals surface area contributed by atoms with Crippen LogP contribution in [0.15, 0.2) is 0 Å². The molecular formula is C7H10O3. The maximum atomic E-state index is 10.9. The molecule has 10 heavy (non-hydrogen) atoms. The molecule has 3 heteroatoms. The molecule has 0 aromatic rings. The SMILES string of the molecule is COC1CCC(=O)CC1=O. The van der Waals surface area contributed by atoms with Gasteiger partial charge in [0.05, 0.1) is 6.42 Å². The number of carbonyl (C=O) groups is 2. The molecule has 0 heterocycles. The second-order valence-electron chi connectivity index (χ2n) is 2.44. The van der Waals surface area contributed by atoms with Gasteiger partial charge >= 0.3 is 0 Å². The Balaban J connectivity index is 2.51. The van der Waals surface area contributed by atoms with Gasteiger partial charge in [0, 0.05) is 13.5 Å². The third kappa shape index (κ3) is 1.42. The summed E-state index contributed by atoms with van der Waals surface area (Å²) in [5.74, 6) is -0.0305. The molecule has 0 bridgehead atoms. The normalized spacial score (nSPS) is 27.1. The molecule has 1 fully saturated rings. The molecule has 1 atom stereocenters. The molecule has 0 radical (unpaired) electrons. The Morgan fingerprint density at radius 3 is 2.70 bits per heavy atom. The van der Waals surface area contributed by atoms with E-state index in [0.717, 1.165) is 0 Å². The minimum atomic E-state index is -0.322. The van der Waals surface area contributed by atoms with Crippen LogP contribution in [-0.4, -0.2) is 24.8 Å². The summed E-state index contributed by atoms with van der Waals surface area (Å²) in [6.07, 6.45) is 0.800. The number of carbonyl (C=O) groups excluding carboxylic acids is 2. The monoisotopic (exact) mass is 142 g/mol. The van der Waals surface area contributed by atoms with Gasteiger partial charge in [0.15, 0.2) is 5.78 Å². The van der Waals surface area contributed by atoms with Crippen molar-refractivity contribution in [3.05, 3.63) is 0 Å². The van der Waals surface area contributed by atoms with Crippen LogP contribution in [0, 0.1) is 0 Å². The van der Waals surface area contributed by atoms with Gasteiger partial charge in [-0.3, -0.25) is 9.59 Å². The molecule has 1 aliphatic carbocycles. The Kier molecular flexibility index (Phi) is 2.17. The largest absolute Gasteiger partial charge is 0.374 e. The molecule has 0 amide bonds. The minimum absolute atomic E-state index is 0.0401. The molecule has 0 aromatic carbocycles. The van der Waals surface area contributed by atoms with Crippen molar-refractivity contribution >= 4 is 11.6 Å². The summed E-state index contributed by atoms with van der Waals surface area (Å²) in [6, 6.07) is 0. The Bertz CT molecular complexity index is 162. The topological polar surface area (TPSA) is 43.4 Å². The fraction of sp³-hybridized carbons (Fsp3) is 0.714. The van der Waals surface area contributed by atoms with Gasteiger partial charge in [-0.2, -0.15) is 0 Å². The molecule has 0 saturated heterocycles. The van der Waals surface area contributed by atoms with Gasteiger partial charge in [-0.05, 0) is 6.42 Å². The van der Waals surface area contributed by atoms with Crippen LogP contribution < -0.4 is 0 Å². The van der Waals surface area contributed by atoms with E-state index in [9.17, 15) is 9.59 Å². The molecule has 0 spiro atoms. The lowest BCUT2D eigenvalue weighted by molar-refractivity contribution is -0.137. The maximum Gasteiger partial charge on any atom is 0.168 e. The predicted molar refractivity (Wildman–Crippen MR) is 34.7 cm³/mol. The summed E-state index contributed by atoms with van der Waals surface area (Å²) < 4.78 is 4.85. The molecule has 0 aromatic heterocycles. The number of Topliss-reactive ketones (excluding diaryl/α,β-unsaturated/α-hetero) is 2. The van der Waals surface area contributed by atoms with Gasteiger partial charge in [-0.25, -0.2) is 0 Å². The van der Waals surface area contributed by atoms with E-state index in [4.69, 9.17) is 4.74 Å². The summed E-state index contributed by atoms with van der Waals surface area (Å²) in [5, 5.41) is 0. The molecule has 1 unspecified atom stereocenters. The average molecular weight is 142 g/mol. The molecular weight excluding hydrogens is 132 g/mol. The summed E-state index contributed by atoms with van der Waals surface area (Å²) in [4.78, 5) is 21.5. The van der Waals surface area contributed by atoms with Crippen molar-refractivity contribution in [3.8, 4) is 0 Å². The molecule has 3 nitrogen and oxygen atoms in total. The first-order valence-electron chi connectivity index (χ1n) is 3.31. The Morgan fingerprint density at radius 2 is 2.20 bits per heavy atom. The van der Waals surface area contributed by atoms with Crippen molar-refractivity contribution < 1.29 is 14.3 Å². The minimum Gasteiger partial charge on any atom is -0.374 e. The number of ketones is 2. The quantitative estimate of drug-likeness (QED) is 0.495. The third-order valence-electron chi connectivity index (χ3n) is 1.70. The predicted octanol–water partition coefficient (Wildman–Crippen LogP) is 0.324. The first-order chi connectivity index (χ1) is 4.74. The number of rotatable bonds is 1. The zero-order valence-corrected chi connectivity index (χ0v) is 5.92. The lowest BCUT2D eigenvalue weighted by Gasteiger charge is -2.17. The van der Waals surface area contributed by atoms with Crippen LogP contribution in [-0.2, 0) is 14.3 Å². The van der Waals surface area contributed by atoms with Crippen LogP contribution in [0.2, 0.25) is 0 Å². The lowest BCUT2D eigenvalue weighted by Crippen LogP contribution is -2.30. The van der Waals surface area contributed by atoms with Crippen molar-refractivity contribution in [2.24, 2.45) is 0 Å². The molecule has 56 valence electrons. The van der Waals surface area contributed by atoms with Gasteiger partial charge in [-0.1, -0.05) is 0 Å². The molecule has 1 rings (SSSR count). The van der Waals surface area contributed by atoms with Crippen molar-refractivity contribution in [2.75, 3.05) is 7.11 Å². The standard InChI is InChI=1S/C7H10O3/c1-10-7-3-2-5(8)4-6(7)9/h7H,2-4H2,1H3. The second-order valence-corrected chi connectivity index (χ2v) is 2.44. The van der Waals surface area contributed by atoms with Gasteiger partial charge in [0.25, 0.3) is 0 Å². The van der Waals surface area contributed by atoms with E-state index < -0.39 is 0 Å². The van der Waals surface area contributed by atoms with E-state index in [-0.39, 0.29) is 24.1 Å². The highest BCUT2D eigenvalue weighted by molar-refractivity contribution is 6.03. The van der Waals surface area contributed by atoms with Gasteiger partial charge in [0.2, 0.25) is 0 Å². The fourth-order valence-corrected chi connectivity index (χ4v) is 1.10. The van der Waals surface area contributed by atoms with E-state index in [1.54, 1.807) is 0 Å². The average Bonchev–Trinajstić information content (AvgIpc) is 1.88. The fourth-order valence-electron chi connectivity index (χ4n) is 1.10. The first kappa shape index (κ1) is 7.41. The van der Waals surface area contributed by atoms with Crippen molar-refractivity contribution in [2.45, 2.75) is 25.4 Å². The summed E-state index contributed by atoms with van der Waals surface area (Å²) in [7, 11) is 1.50. The van der Waals surface area contributed by atoms with Gasteiger partial charge < -0.3 is 4.74 Å². The second kappa shape index (κ2) is 2.92. The Labute approximate surface area is 59.4 Å². The third-order valence-corrected chi connectivity index (χ3v) is 1.70. The smallest absolute Gasteiger partial charge is 0.168 e. The van der Waals surface area contributed by atoms with Crippen LogP contribution in [0.25, 0.3) is 0 Å². The highest BCUT2D eigenvalue weighted by Gasteiger charge is 2.26. The maximum absolute atomic E-state index is 10.9. The lowest BCUT2D eigenvalue weighted by atomic mass is 9.95. The van der Waals surface area contributed by atoms with Crippen LogP contribution >= 0.6 is 0 Å². The van der Waals surface area contributed by atoms with E-state index in [1.807, 2.05) is 0 Å². The van der Waals surface area contributed by atoms with E-state index in [2.05, 4.69) is 0 Å². The van der Waals surface area contributed by atoms with Gasteiger partial charge in [0.1, 0.15) is 11.9 Å². The zero-order chi connectivity index (χ0) is 7.56. The molecule has 1 aliphatic rings. The Hall–Kier alpha value is -0.700. The van der Waals surface area contributed by atoms with E-state index in [1.165, 1.54) is 7.11 Å². The summed E-state index contributed by atoms with van der Waals surface area (Å²) in [6.45, 7) is 0. The van der Waals surface area contributed by atoms with Crippen molar-refractivity contribution in [1.82, 2.24) is 0 Å². The van der Waals surface area contributed by atoms with Crippen LogP contribution in [0.3, 0.4) is 0 Å². The van der Waals surface area contributed by atoms with E-state index >= 15 is 0 Å². The molecule has 0 N–H and O–H groups in total. The number of methoxy groups -OCH3 is 1. The Morgan fingerprint density at radius 1 is 1.50 bits per heavy atom. The highest BCUT2D eigenvalue weighted by atomic mass is 16.5. The van der Waals surface area contributed by atoms with Crippen LogP contribution in [0.5, 0.6) is 0 Å².